The minimum absolute atomic E-state index is 0.122. The van der Waals surface area contributed by atoms with Crippen molar-refractivity contribution in [2.75, 3.05) is 0 Å². The Bertz CT molecular complexity index is 503. The van der Waals surface area contributed by atoms with Gasteiger partial charge in [0.2, 0.25) is 0 Å². The molecular weight excluding hydrogens is 288 g/mol. The van der Waals surface area contributed by atoms with E-state index in [1.807, 2.05) is 33.3 Å². The van der Waals surface area contributed by atoms with Crippen LogP contribution in [0.5, 0.6) is 0 Å². The van der Waals surface area contributed by atoms with E-state index in [0.717, 1.165) is 0 Å². The molecule has 2 atom stereocenters. The van der Waals surface area contributed by atoms with Crippen LogP contribution in [0.3, 0.4) is 0 Å². The summed E-state index contributed by atoms with van der Waals surface area (Å²) in [5.41, 5.74) is 2.80. The molecule has 0 radical (unpaired) electrons. The molecule has 19 heavy (non-hydrogen) atoms. The van der Waals surface area contributed by atoms with E-state index >= 15 is 0 Å². The molecule has 2 unspecified atom stereocenters. The van der Waals surface area contributed by atoms with Crippen LogP contribution in [0.2, 0.25) is 0 Å². The maximum Gasteiger partial charge on any atom is 0.0952 e. The minimum atomic E-state index is 0.122. The SMILES string of the molecule is CC1(c2ccccc2)SSC(C)(c2ccccc2)S1. The second kappa shape index (κ2) is 5.12. The van der Waals surface area contributed by atoms with E-state index in [1.54, 1.807) is 0 Å². The van der Waals surface area contributed by atoms with E-state index in [-0.39, 0.29) is 8.16 Å². The van der Waals surface area contributed by atoms with Gasteiger partial charge in [0.05, 0.1) is 8.16 Å². The van der Waals surface area contributed by atoms with Crippen LogP contribution in [0.25, 0.3) is 0 Å². The summed E-state index contributed by atoms with van der Waals surface area (Å²) in [4.78, 5) is 0. The molecule has 0 N–H and O–H groups in total. The Hall–Kier alpha value is -0.510. The molecule has 98 valence electrons. The molecule has 0 nitrogen and oxygen atoms in total. The van der Waals surface area contributed by atoms with E-state index in [2.05, 4.69) is 74.5 Å². The zero-order valence-corrected chi connectivity index (χ0v) is 13.4. The molecule has 2 aromatic rings. The number of hydrogen-bond donors (Lipinski definition) is 0. The lowest BCUT2D eigenvalue weighted by molar-refractivity contribution is 0.964. The van der Waals surface area contributed by atoms with E-state index in [9.17, 15) is 0 Å². The molecule has 0 saturated carbocycles. The first kappa shape index (κ1) is 13.5. The van der Waals surface area contributed by atoms with Crippen molar-refractivity contribution in [3.05, 3.63) is 71.8 Å². The second-order valence-corrected chi connectivity index (χ2v) is 10.2. The molecule has 0 aliphatic carbocycles. The van der Waals surface area contributed by atoms with Gasteiger partial charge in [-0.3, -0.25) is 0 Å². The molecule has 1 aliphatic rings. The van der Waals surface area contributed by atoms with Crippen molar-refractivity contribution in [1.29, 1.82) is 0 Å². The zero-order chi connectivity index (χ0) is 13.3. The van der Waals surface area contributed by atoms with Gasteiger partial charge in [-0.2, -0.15) is 0 Å². The third-order valence-corrected chi connectivity index (χ3v) is 9.67. The van der Waals surface area contributed by atoms with Crippen molar-refractivity contribution in [1.82, 2.24) is 0 Å². The van der Waals surface area contributed by atoms with Crippen LogP contribution in [-0.4, -0.2) is 0 Å². The van der Waals surface area contributed by atoms with Crippen molar-refractivity contribution in [2.24, 2.45) is 0 Å². The Morgan fingerprint density at radius 3 is 1.37 bits per heavy atom. The fourth-order valence-electron chi connectivity index (χ4n) is 2.26. The first-order chi connectivity index (χ1) is 9.12. The third kappa shape index (κ3) is 2.56. The Morgan fingerprint density at radius 1 is 0.632 bits per heavy atom. The van der Waals surface area contributed by atoms with Gasteiger partial charge >= 0.3 is 0 Å². The van der Waals surface area contributed by atoms with Gasteiger partial charge < -0.3 is 0 Å². The van der Waals surface area contributed by atoms with Crippen LogP contribution < -0.4 is 0 Å². The first-order valence-electron chi connectivity index (χ1n) is 6.30. The summed E-state index contributed by atoms with van der Waals surface area (Å²) in [5.74, 6) is 0. The highest BCUT2D eigenvalue weighted by molar-refractivity contribution is 8.83. The zero-order valence-electron chi connectivity index (χ0n) is 11.0. The maximum atomic E-state index is 2.33. The molecule has 1 saturated heterocycles. The Balaban J connectivity index is 1.92. The molecule has 0 aromatic heterocycles. The Labute approximate surface area is 127 Å². The molecule has 3 heteroatoms. The van der Waals surface area contributed by atoms with Gasteiger partial charge in [-0.15, -0.1) is 11.8 Å². The Morgan fingerprint density at radius 2 is 1.00 bits per heavy atom. The normalized spacial score (nSPS) is 30.4. The average molecular weight is 305 g/mol. The molecule has 2 aromatic carbocycles. The molecule has 1 heterocycles. The number of thioether (sulfide) groups is 1. The van der Waals surface area contributed by atoms with Gasteiger partial charge in [-0.1, -0.05) is 82.3 Å². The van der Waals surface area contributed by atoms with Gasteiger partial charge in [-0.05, 0) is 25.0 Å². The van der Waals surface area contributed by atoms with Crippen molar-refractivity contribution in [3.63, 3.8) is 0 Å². The molecule has 1 fully saturated rings. The van der Waals surface area contributed by atoms with Crippen molar-refractivity contribution in [2.45, 2.75) is 22.0 Å². The van der Waals surface area contributed by atoms with Crippen LogP contribution >= 0.6 is 33.3 Å². The van der Waals surface area contributed by atoms with Crippen molar-refractivity contribution in [3.8, 4) is 0 Å². The highest BCUT2D eigenvalue weighted by Crippen LogP contribution is 2.72. The average Bonchev–Trinajstić information content (AvgIpc) is 2.80. The fraction of sp³-hybridized carbons (Fsp3) is 0.250. The van der Waals surface area contributed by atoms with E-state index in [1.165, 1.54) is 11.1 Å². The highest BCUT2D eigenvalue weighted by atomic mass is 33.1. The molecule has 0 bridgehead atoms. The number of hydrogen-bond acceptors (Lipinski definition) is 3. The maximum absolute atomic E-state index is 2.33. The van der Waals surface area contributed by atoms with Crippen LogP contribution in [-0.2, 0) is 8.16 Å². The molecular formula is C16H16S3. The van der Waals surface area contributed by atoms with Gasteiger partial charge in [0, 0.05) is 0 Å². The second-order valence-electron chi connectivity index (χ2n) is 4.89. The van der Waals surface area contributed by atoms with E-state index in [4.69, 9.17) is 0 Å². The topological polar surface area (TPSA) is 0 Å². The number of rotatable bonds is 2. The van der Waals surface area contributed by atoms with Crippen molar-refractivity contribution >= 4 is 33.3 Å². The van der Waals surface area contributed by atoms with Gasteiger partial charge in [0.25, 0.3) is 0 Å². The predicted molar refractivity (Wildman–Crippen MR) is 90.4 cm³/mol. The van der Waals surface area contributed by atoms with Crippen LogP contribution in [0, 0.1) is 0 Å². The highest BCUT2D eigenvalue weighted by Gasteiger charge is 2.47. The lowest BCUT2D eigenvalue weighted by Gasteiger charge is -2.26. The smallest absolute Gasteiger partial charge is 0.0952 e. The largest absolute Gasteiger partial charge is 0.116 e. The van der Waals surface area contributed by atoms with Gasteiger partial charge in [0.1, 0.15) is 0 Å². The summed E-state index contributed by atoms with van der Waals surface area (Å²) >= 11 is 2.05. The van der Waals surface area contributed by atoms with Gasteiger partial charge in [0.15, 0.2) is 0 Å². The van der Waals surface area contributed by atoms with Crippen molar-refractivity contribution < 1.29 is 0 Å². The summed E-state index contributed by atoms with van der Waals surface area (Å²) in [6.07, 6.45) is 0. The summed E-state index contributed by atoms with van der Waals surface area (Å²) < 4.78 is 0.243. The summed E-state index contributed by atoms with van der Waals surface area (Å²) in [6, 6.07) is 21.6. The summed E-state index contributed by atoms with van der Waals surface area (Å²) in [7, 11) is 3.96. The molecule has 0 spiro atoms. The number of benzene rings is 2. The third-order valence-electron chi connectivity index (χ3n) is 3.35. The summed E-state index contributed by atoms with van der Waals surface area (Å²) in [5, 5.41) is 0. The monoisotopic (exact) mass is 304 g/mol. The summed E-state index contributed by atoms with van der Waals surface area (Å²) in [6.45, 7) is 4.66. The van der Waals surface area contributed by atoms with Gasteiger partial charge in [-0.25, -0.2) is 0 Å². The minimum Gasteiger partial charge on any atom is -0.116 e. The molecule has 0 amide bonds. The Kier molecular flexibility index (Phi) is 3.63. The van der Waals surface area contributed by atoms with Crippen LogP contribution in [0.15, 0.2) is 60.7 Å². The standard InChI is InChI=1S/C16H16S3/c1-15(13-9-5-3-6-10-13)17-16(2,19-18-15)14-11-7-4-8-12-14/h3-12H,1-2H3. The quantitative estimate of drug-likeness (QED) is 0.638. The van der Waals surface area contributed by atoms with E-state index in [0.29, 0.717) is 0 Å². The molecule has 3 rings (SSSR count). The van der Waals surface area contributed by atoms with Crippen LogP contribution in [0.1, 0.15) is 25.0 Å². The molecule has 1 aliphatic heterocycles. The predicted octanol–water partition coefficient (Wildman–Crippen LogP) is 5.86. The first-order valence-corrected chi connectivity index (χ1v) is 9.27. The fourth-order valence-corrected chi connectivity index (χ4v) is 8.48. The lowest BCUT2D eigenvalue weighted by atomic mass is 10.1. The van der Waals surface area contributed by atoms with E-state index < -0.39 is 0 Å². The van der Waals surface area contributed by atoms with Crippen LogP contribution in [0.4, 0.5) is 0 Å². The lowest BCUT2D eigenvalue weighted by Crippen LogP contribution is -2.14.